The number of amides is 1. The fourth-order valence-electron chi connectivity index (χ4n) is 0.616. The van der Waals surface area contributed by atoms with Crippen molar-refractivity contribution in [2.75, 3.05) is 7.05 Å². The molecule has 0 aliphatic heterocycles. The first-order valence-corrected chi connectivity index (χ1v) is 4.53. The molecule has 0 aromatic heterocycles. The van der Waals surface area contributed by atoms with Crippen LogP contribution in [0.4, 0.5) is 4.39 Å². The minimum absolute atomic E-state index is 0.0457. The van der Waals surface area contributed by atoms with E-state index in [4.69, 9.17) is 0 Å². The fourth-order valence-corrected chi connectivity index (χ4v) is 0.616. The van der Waals surface area contributed by atoms with E-state index in [0.717, 1.165) is 0 Å². The standard InChI is InChI=1S/C9H12FNO.C2H6/c1-4-5-6-8(7(2)10)9(12)11-3;1-2/h4-6H,2H2,1,3H3,(H,11,12);1-2H3/b5-4-,8-6+;. The number of allylic oxidation sites excluding steroid dienone is 3. The summed E-state index contributed by atoms with van der Waals surface area (Å²) in [5, 5.41) is 2.31. The van der Waals surface area contributed by atoms with Crippen LogP contribution in [0.15, 0.2) is 36.2 Å². The second kappa shape index (κ2) is 9.71. The topological polar surface area (TPSA) is 29.1 Å². The van der Waals surface area contributed by atoms with Crippen LogP contribution in [0.5, 0.6) is 0 Å². The zero-order chi connectivity index (χ0) is 11.6. The number of halogens is 1. The quantitative estimate of drug-likeness (QED) is 0.549. The molecule has 0 rings (SSSR count). The minimum Gasteiger partial charge on any atom is -0.355 e. The first-order chi connectivity index (χ1) is 6.63. The van der Waals surface area contributed by atoms with Crippen molar-refractivity contribution in [2.24, 2.45) is 0 Å². The molecule has 0 saturated carbocycles. The van der Waals surface area contributed by atoms with Gasteiger partial charge in [0.05, 0.1) is 5.57 Å². The van der Waals surface area contributed by atoms with Crippen LogP contribution in [-0.2, 0) is 4.79 Å². The summed E-state index contributed by atoms with van der Waals surface area (Å²) in [6.07, 6.45) is 4.66. The van der Waals surface area contributed by atoms with Gasteiger partial charge < -0.3 is 5.32 Å². The second-order valence-corrected chi connectivity index (χ2v) is 2.09. The van der Waals surface area contributed by atoms with E-state index in [1.165, 1.54) is 13.1 Å². The van der Waals surface area contributed by atoms with Crippen LogP contribution in [0, 0.1) is 0 Å². The molecule has 0 unspecified atom stereocenters. The highest BCUT2D eigenvalue weighted by molar-refractivity contribution is 5.97. The molecule has 0 radical (unpaired) electrons. The van der Waals surface area contributed by atoms with Crippen LogP contribution in [0.3, 0.4) is 0 Å². The molecule has 0 atom stereocenters. The van der Waals surface area contributed by atoms with Crippen LogP contribution < -0.4 is 5.32 Å². The summed E-state index contributed by atoms with van der Waals surface area (Å²) in [6.45, 7) is 8.82. The predicted molar refractivity (Wildman–Crippen MR) is 58.6 cm³/mol. The summed E-state index contributed by atoms with van der Waals surface area (Å²) >= 11 is 0. The average molecular weight is 199 g/mol. The summed E-state index contributed by atoms with van der Waals surface area (Å²) < 4.78 is 12.6. The van der Waals surface area contributed by atoms with Crippen molar-refractivity contribution >= 4 is 5.91 Å². The van der Waals surface area contributed by atoms with Gasteiger partial charge in [-0.05, 0) is 13.0 Å². The molecule has 80 valence electrons. The molecule has 0 aromatic carbocycles. The molecule has 0 saturated heterocycles. The van der Waals surface area contributed by atoms with Crippen molar-refractivity contribution in [3.8, 4) is 0 Å². The zero-order valence-electron chi connectivity index (χ0n) is 9.23. The van der Waals surface area contributed by atoms with Crippen LogP contribution in [0.25, 0.3) is 0 Å². The third kappa shape index (κ3) is 6.17. The first-order valence-electron chi connectivity index (χ1n) is 4.53. The average Bonchev–Trinajstić information content (AvgIpc) is 2.20. The van der Waals surface area contributed by atoms with Gasteiger partial charge in [0, 0.05) is 7.05 Å². The lowest BCUT2D eigenvalue weighted by Gasteiger charge is -1.99. The molecule has 2 nitrogen and oxygen atoms in total. The van der Waals surface area contributed by atoms with Crippen molar-refractivity contribution in [1.29, 1.82) is 0 Å². The van der Waals surface area contributed by atoms with E-state index < -0.39 is 11.7 Å². The summed E-state index contributed by atoms with van der Waals surface area (Å²) in [5.41, 5.74) is -0.0457. The van der Waals surface area contributed by atoms with Gasteiger partial charge in [0.2, 0.25) is 0 Å². The molecule has 1 N–H and O–H groups in total. The third-order valence-electron chi connectivity index (χ3n) is 1.22. The largest absolute Gasteiger partial charge is 0.355 e. The SMILES string of the molecule is C=C(F)/C(=C\C=C/C)C(=O)NC.CC. The molecule has 0 aliphatic carbocycles. The highest BCUT2D eigenvalue weighted by Gasteiger charge is 2.08. The number of rotatable bonds is 3. The molecule has 0 spiro atoms. The van der Waals surface area contributed by atoms with E-state index in [1.807, 2.05) is 13.8 Å². The maximum absolute atomic E-state index is 12.6. The Morgan fingerprint density at radius 1 is 1.43 bits per heavy atom. The molecule has 0 aromatic rings. The Kier molecular flexibility index (Phi) is 10.5. The predicted octanol–water partition coefficient (Wildman–Crippen LogP) is 2.74. The number of hydrogen-bond donors (Lipinski definition) is 1. The van der Waals surface area contributed by atoms with Gasteiger partial charge in [-0.2, -0.15) is 0 Å². The Labute approximate surface area is 85.2 Å². The molecule has 0 bridgehead atoms. The smallest absolute Gasteiger partial charge is 0.253 e. The summed E-state index contributed by atoms with van der Waals surface area (Å²) in [4.78, 5) is 10.9. The molecule has 14 heavy (non-hydrogen) atoms. The lowest BCUT2D eigenvalue weighted by molar-refractivity contribution is -0.116. The summed E-state index contributed by atoms with van der Waals surface area (Å²) in [7, 11) is 1.44. The van der Waals surface area contributed by atoms with E-state index in [9.17, 15) is 9.18 Å². The normalized spacial score (nSPS) is 10.5. The molecular formula is C11H18FNO. The molecular weight excluding hydrogens is 181 g/mol. The van der Waals surface area contributed by atoms with Gasteiger partial charge in [0.1, 0.15) is 5.83 Å². The van der Waals surface area contributed by atoms with Crippen LogP contribution in [-0.4, -0.2) is 13.0 Å². The molecule has 0 heterocycles. The molecule has 0 aliphatic rings. The van der Waals surface area contributed by atoms with Gasteiger partial charge in [-0.25, -0.2) is 4.39 Å². The number of hydrogen-bond acceptors (Lipinski definition) is 1. The van der Waals surface area contributed by atoms with E-state index in [2.05, 4.69) is 11.9 Å². The maximum Gasteiger partial charge on any atom is 0.253 e. The number of nitrogens with one attached hydrogen (secondary N) is 1. The van der Waals surface area contributed by atoms with Gasteiger partial charge in [0.25, 0.3) is 5.91 Å². The first kappa shape index (κ1) is 15.1. The Bertz CT molecular complexity index is 242. The Hall–Kier alpha value is -1.38. The van der Waals surface area contributed by atoms with Gasteiger partial charge in [0.15, 0.2) is 0 Å². The zero-order valence-corrected chi connectivity index (χ0v) is 9.23. The van der Waals surface area contributed by atoms with Gasteiger partial charge in [-0.15, -0.1) is 0 Å². The van der Waals surface area contributed by atoms with Gasteiger partial charge in [-0.1, -0.05) is 32.6 Å². The Morgan fingerprint density at radius 3 is 2.21 bits per heavy atom. The van der Waals surface area contributed by atoms with Crippen LogP contribution in [0.2, 0.25) is 0 Å². The van der Waals surface area contributed by atoms with E-state index in [0.29, 0.717) is 0 Å². The summed E-state index contributed by atoms with van der Waals surface area (Å²) in [6, 6.07) is 0. The van der Waals surface area contributed by atoms with Crippen LogP contribution in [0.1, 0.15) is 20.8 Å². The highest BCUT2D eigenvalue weighted by atomic mass is 19.1. The number of carbonyl (C=O) groups is 1. The number of likely N-dealkylation sites (N-methyl/N-ethyl adjacent to an activating group) is 1. The monoisotopic (exact) mass is 199 g/mol. The van der Waals surface area contributed by atoms with Crippen molar-refractivity contribution < 1.29 is 9.18 Å². The lowest BCUT2D eigenvalue weighted by atomic mass is 10.2. The summed E-state index contributed by atoms with van der Waals surface area (Å²) in [5.74, 6) is -1.20. The highest BCUT2D eigenvalue weighted by Crippen LogP contribution is 2.08. The number of carbonyl (C=O) groups excluding carboxylic acids is 1. The molecule has 0 fully saturated rings. The lowest BCUT2D eigenvalue weighted by Crippen LogP contribution is -2.20. The maximum atomic E-state index is 12.6. The Morgan fingerprint density at radius 2 is 1.93 bits per heavy atom. The van der Waals surface area contributed by atoms with Crippen molar-refractivity contribution in [2.45, 2.75) is 20.8 Å². The molecule has 1 amide bonds. The van der Waals surface area contributed by atoms with E-state index in [-0.39, 0.29) is 5.57 Å². The van der Waals surface area contributed by atoms with Crippen LogP contribution >= 0.6 is 0 Å². The van der Waals surface area contributed by atoms with Crippen molar-refractivity contribution in [3.05, 3.63) is 36.2 Å². The Balaban J connectivity index is 0. The van der Waals surface area contributed by atoms with Gasteiger partial charge in [-0.3, -0.25) is 4.79 Å². The van der Waals surface area contributed by atoms with Crippen molar-refractivity contribution in [1.82, 2.24) is 5.32 Å². The second-order valence-electron chi connectivity index (χ2n) is 2.09. The van der Waals surface area contributed by atoms with Gasteiger partial charge >= 0.3 is 0 Å². The van der Waals surface area contributed by atoms with Crippen molar-refractivity contribution in [3.63, 3.8) is 0 Å². The molecule has 3 heteroatoms. The van der Waals surface area contributed by atoms with E-state index in [1.54, 1.807) is 19.1 Å². The van der Waals surface area contributed by atoms with E-state index >= 15 is 0 Å². The minimum atomic E-state index is -0.729. The third-order valence-corrected chi connectivity index (χ3v) is 1.22. The fraction of sp³-hybridized carbons (Fsp3) is 0.364.